The predicted molar refractivity (Wildman–Crippen MR) is 125 cm³/mol. The first-order chi connectivity index (χ1) is 15.8. The monoisotopic (exact) mass is 469 g/mol. The summed E-state index contributed by atoms with van der Waals surface area (Å²) in [7, 11) is 0. The Morgan fingerprint density at radius 3 is 2.27 bits per heavy atom. The highest BCUT2D eigenvalue weighted by Crippen LogP contribution is 2.23. The van der Waals surface area contributed by atoms with E-state index in [0.29, 0.717) is 11.1 Å². The number of aromatic nitrogens is 1. The smallest absolute Gasteiger partial charge is 0.264 e. The van der Waals surface area contributed by atoms with Crippen molar-refractivity contribution < 1.29 is 14.4 Å². The third-order valence-electron chi connectivity index (χ3n) is 6.29. The van der Waals surface area contributed by atoms with Crippen LogP contribution in [0, 0.1) is 6.92 Å². The fraction of sp³-hybridized carbons (Fsp3) is 0.417. The Balaban J connectivity index is 1.60. The summed E-state index contributed by atoms with van der Waals surface area (Å²) in [6, 6.07) is 10.4. The van der Waals surface area contributed by atoms with Crippen LogP contribution < -0.4 is 11.1 Å². The number of nitrogens with one attached hydrogen (secondary N) is 1. The summed E-state index contributed by atoms with van der Waals surface area (Å²) in [4.78, 5) is 47.0. The van der Waals surface area contributed by atoms with Crippen molar-refractivity contribution in [2.24, 2.45) is 5.73 Å². The van der Waals surface area contributed by atoms with Gasteiger partial charge in [-0.25, -0.2) is 4.98 Å². The maximum Gasteiger partial charge on any atom is 0.264 e. The van der Waals surface area contributed by atoms with Crippen molar-refractivity contribution in [3.63, 3.8) is 0 Å². The van der Waals surface area contributed by atoms with Crippen LogP contribution >= 0.6 is 11.6 Å². The maximum absolute atomic E-state index is 13.4. The second kappa shape index (κ2) is 9.89. The zero-order valence-electron chi connectivity index (χ0n) is 18.5. The van der Waals surface area contributed by atoms with E-state index in [2.05, 4.69) is 10.3 Å². The maximum atomic E-state index is 13.4. The predicted octanol–water partition coefficient (Wildman–Crippen LogP) is 2.35. The van der Waals surface area contributed by atoms with Crippen molar-refractivity contribution in [1.82, 2.24) is 20.1 Å². The van der Waals surface area contributed by atoms with Crippen LogP contribution in [0.5, 0.6) is 0 Å². The Kier molecular flexibility index (Phi) is 6.95. The molecule has 1 saturated carbocycles. The quantitative estimate of drug-likeness (QED) is 0.668. The summed E-state index contributed by atoms with van der Waals surface area (Å²) in [6.45, 7) is 2.40. The number of hydrogen-bond acceptors (Lipinski definition) is 5. The number of benzene rings is 1. The van der Waals surface area contributed by atoms with Crippen molar-refractivity contribution in [3.8, 4) is 0 Å². The molecule has 1 aliphatic heterocycles. The number of carbonyl (C=O) groups is 3. The van der Waals surface area contributed by atoms with Gasteiger partial charge in [-0.15, -0.1) is 0 Å². The molecular weight excluding hydrogens is 442 g/mol. The molecule has 1 aromatic heterocycles. The highest BCUT2D eigenvalue weighted by Gasteiger charge is 2.43. The van der Waals surface area contributed by atoms with Crippen molar-refractivity contribution >= 4 is 29.3 Å². The van der Waals surface area contributed by atoms with Crippen molar-refractivity contribution in [2.75, 3.05) is 13.1 Å². The van der Waals surface area contributed by atoms with Crippen LogP contribution in [0.4, 0.5) is 0 Å². The molecule has 3 N–H and O–H groups in total. The lowest BCUT2D eigenvalue weighted by molar-refractivity contribution is -0.129. The molecule has 3 amide bonds. The molecular formula is C24H28ClN5O3. The second-order valence-electron chi connectivity index (χ2n) is 8.73. The Labute approximate surface area is 198 Å². The van der Waals surface area contributed by atoms with Gasteiger partial charge in [-0.1, -0.05) is 29.3 Å². The standard InChI is InChI=1S/C24H28ClN5O3/c1-15-3-2-4-16(13-15)23(32)29-11-12-30(24(33)17-5-10-20(25)27-14-17)22(29)21(31)28-19-8-6-18(26)7-9-19/h2-5,10,13-14,18-19,22H,6-9,11-12,26H2,1H3,(H,28,31). The lowest BCUT2D eigenvalue weighted by Crippen LogP contribution is -2.56. The van der Waals surface area contributed by atoms with Gasteiger partial charge in [-0.2, -0.15) is 0 Å². The van der Waals surface area contributed by atoms with Crippen molar-refractivity contribution in [3.05, 3.63) is 64.4 Å². The molecule has 1 unspecified atom stereocenters. The lowest BCUT2D eigenvalue weighted by atomic mass is 9.92. The van der Waals surface area contributed by atoms with Gasteiger partial charge >= 0.3 is 0 Å². The van der Waals surface area contributed by atoms with Crippen molar-refractivity contribution in [1.29, 1.82) is 0 Å². The largest absolute Gasteiger partial charge is 0.350 e. The first-order valence-electron chi connectivity index (χ1n) is 11.2. The van der Waals surface area contributed by atoms with Gasteiger partial charge in [0, 0.05) is 36.9 Å². The zero-order valence-corrected chi connectivity index (χ0v) is 19.3. The van der Waals surface area contributed by atoms with E-state index < -0.39 is 6.17 Å². The molecule has 1 atom stereocenters. The minimum absolute atomic E-state index is 0.0250. The first-order valence-corrected chi connectivity index (χ1v) is 11.6. The number of halogens is 1. The van der Waals surface area contributed by atoms with Gasteiger partial charge in [0.15, 0.2) is 6.17 Å². The summed E-state index contributed by atoms with van der Waals surface area (Å²) in [6.07, 6.45) is 3.56. The van der Waals surface area contributed by atoms with Crippen LogP contribution in [0.1, 0.15) is 52.0 Å². The molecule has 1 saturated heterocycles. The van der Waals surface area contributed by atoms with Gasteiger partial charge in [0.1, 0.15) is 5.15 Å². The molecule has 33 heavy (non-hydrogen) atoms. The minimum atomic E-state index is -1.04. The lowest BCUT2D eigenvalue weighted by Gasteiger charge is -2.32. The number of rotatable bonds is 4. The van der Waals surface area contributed by atoms with Crippen LogP contribution in [-0.4, -0.2) is 63.8 Å². The Hall–Kier alpha value is -2.97. The molecule has 0 radical (unpaired) electrons. The molecule has 2 aromatic rings. The van der Waals surface area contributed by atoms with Gasteiger partial charge in [-0.05, 0) is 56.9 Å². The molecule has 174 valence electrons. The number of hydrogen-bond donors (Lipinski definition) is 2. The average molecular weight is 470 g/mol. The van der Waals surface area contributed by atoms with E-state index in [1.54, 1.807) is 24.3 Å². The molecule has 1 aliphatic carbocycles. The highest BCUT2D eigenvalue weighted by molar-refractivity contribution is 6.29. The van der Waals surface area contributed by atoms with Gasteiger partial charge in [0.2, 0.25) is 0 Å². The van der Waals surface area contributed by atoms with E-state index in [4.69, 9.17) is 17.3 Å². The highest BCUT2D eigenvalue weighted by atomic mass is 35.5. The summed E-state index contributed by atoms with van der Waals surface area (Å²) >= 11 is 5.86. The molecule has 8 nitrogen and oxygen atoms in total. The summed E-state index contributed by atoms with van der Waals surface area (Å²) in [5.41, 5.74) is 7.73. The molecule has 0 spiro atoms. The number of nitrogens with two attached hydrogens (primary N) is 1. The SMILES string of the molecule is Cc1cccc(C(=O)N2CCN(C(=O)c3ccc(Cl)nc3)C2C(=O)NC2CCC(N)CC2)c1. The molecule has 2 heterocycles. The van der Waals surface area contributed by atoms with E-state index in [1.807, 2.05) is 13.0 Å². The van der Waals surface area contributed by atoms with E-state index in [9.17, 15) is 14.4 Å². The van der Waals surface area contributed by atoms with Gasteiger partial charge in [0.05, 0.1) is 5.56 Å². The average Bonchev–Trinajstić information content (AvgIpc) is 3.25. The first kappa shape index (κ1) is 23.2. The Bertz CT molecular complexity index is 1040. The topological polar surface area (TPSA) is 109 Å². The summed E-state index contributed by atoms with van der Waals surface area (Å²) in [5.74, 6) is -1.01. The van der Waals surface area contributed by atoms with E-state index in [0.717, 1.165) is 31.2 Å². The fourth-order valence-corrected chi connectivity index (χ4v) is 4.60. The Morgan fingerprint density at radius 2 is 1.67 bits per heavy atom. The third kappa shape index (κ3) is 5.17. The molecule has 2 fully saturated rings. The van der Waals surface area contributed by atoms with Crippen LogP contribution in [0.25, 0.3) is 0 Å². The van der Waals surface area contributed by atoms with Crippen molar-refractivity contribution in [2.45, 2.75) is 50.9 Å². The second-order valence-corrected chi connectivity index (χ2v) is 9.12. The number of amides is 3. The number of aryl methyl sites for hydroxylation is 1. The van der Waals surface area contributed by atoms with E-state index in [-0.39, 0.29) is 48.0 Å². The number of carbonyl (C=O) groups excluding carboxylic acids is 3. The Morgan fingerprint density at radius 1 is 1.00 bits per heavy atom. The summed E-state index contributed by atoms with van der Waals surface area (Å²) < 4.78 is 0. The molecule has 2 aliphatic rings. The molecule has 1 aromatic carbocycles. The van der Waals surface area contributed by atoms with Crippen LogP contribution in [0.3, 0.4) is 0 Å². The number of nitrogens with zero attached hydrogens (tertiary/aromatic N) is 3. The van der Waals surface area contributed by atoms with E-state index in [1.165, 1.54) is 22.1 Å². The molecule has 0 bridgehead atoms. The fourth-order valence-electron chi connectivity index (χ4n) is 4.49. The van der Waals surface area contributed by atoms with Crippen LogP contribution in [-0.2, 0) is 4.79 Å². The van der Waals surface area contributed by atoms with E-state index >= 15 is 0 Å². The molecule has 9 heteroatoms. The van der Waals surface area contributed by atoms with Crippen LogP contribution in [0.2, 0.25) is 5.15 Å². The van der Waals surface area contributed by atoms with Gasteiger partial charge in [-0.3, -0.25) is 14.4 Å². The van der Waals surface area contributed by atoms with Crippen LogP contribution in [0.15, 0.2) is 42.6 Å². The van der Waals surface area contributed by atoms with Gasteiger partial charge in [0.25, 0.3) is 17.7 Å². The minimum Gasteiger partial charge on any atom is -0.350 e. The third-order valence-corrected chi connectivity index (χ3v) is 6.51. The van der Waals surface area contributed by atoms with Gasteiger partial charge < -0.3 is 20.9 Å². The normalized spacial score (nSPS) is 22.8. The zero-order chi connectivity index (χ0) is 23.5. The number of pyridine rings is 1. The summed E-state index contributed by atoms with van der Waals surface area (Å²) in [5, 5.41) is 3.33. The molecule has 4 rings (SSSR count).